The van der Waals surface area contributed by atoms with Crippen LogP contribution < -0.4 is 5.32 Å². The van der Waals surface area contributed by atoms with Crippen LogP contribution in [0, 0.1) is 11.7 Å². The number of rotatable bonds is 8. The van der Waals surface area contributed by atoms with Crippen LogP contribution in [0.1, 0.15) is 63.4 Å². The molecule has 146 valence electrons. The van der Waals surface area contributed by atoms with E-state index in [9.17, 15) is 9.18 Å². The summed E-state index contributed by atoms with van der Waals surface area (Å²) < 4.78 is 13.0. The third-order valence-corrected chi connectivity index (χ3v) is 6.12. The Morgan fingerprint density at radius 3 is 2.70 bits per heavy atom. The third-order valence-electron chi connectivity index (χ3n) is 5.16. The Kier molecular flexibility index (Phi) is 6.88. The zero-order valence-electron chi connectivity index (χ0n) is 15.9. The maximum absolute atomic E-state index is 13.0. The third kappa shape index (κ3) is 5.79. The summed E-state index contributed by atoms with van der Waals surface area (Å²) in [5.41, 5.74) is 0.869. The van der Waals surface area contributed by atoms with Gasteiger partial charge in [-0.3, -0.25) is 9.89 Å². The highest BCUT2D eigenvalue weighted by Gasteiger charge is 2.20. The van der Waals surface area contributed by atoms with Crippen molar-refractivity contribution in [3.8, 4) is 0 Å². The standard InChI is InChI=1S/C20H27FN4OS/c1-13(16-8-10-17(21)11-9-16)22-19(26)14(2)27-20-23-18(24-25-20)12-7-15-5-3-4-6-15/h8-11,13-15H,3-7,12H2,1-2H3,(H,22,26)(H,23,24,25). The Morgan fingerprint density at radius 1 is 1.30 bits per heavy atom. The number of benzene rings is 1. The number of nitrogens with zero attached hydrogens (tertiary/aromatic N) is 2. The number of hydrogen-bond acceptors (Lipinski definition) is 4. The Bertz CT molecular complexity index is 743. The second-order valence-electron chi connectivity index (χ2n) is 7.30. The molecule has 1 aromatic heterocycles. The van der Waals surface area contributed by atoms with Gasteiger partial charge >= 0.3 is 0 Å². The number of hydrogen-bond donors (Lipinski definition) is 2. The van der Waals surface area contributed by atoms with Gasteiger partial charge in [0, 0.05) is 6.42 Å². The van der Waals surface area contributed by atoms with E-state index in [1.54, 1.807) is 12.1 Å². The van der Waals surface area contributed by atoms with Crippen molar-refractivity contribution >= 4 is 17.7 Å². The van der Waals surface area contributed by atoms with Gasteiger partial charge in [0.25, 0.3) is 0 Å². The summed E-state index contributed by atoms with van der Waals surface area (Å²) in [4.78, 5) is 16.9. The minimum atomic E-state index is -0.314. The van der Waals surface area contributed by atoms with Crippen molar-refractivity contribution in [3.63, 3.8) is 0 Å². The summed E-state index contributed by atoms with van der Waals surface area (Å²) in [7, 11) is 0. The first kappa shape index (κ1) is 19.9. The summed E-state index contributed by atoms with van der Waals surface area (Å²) in [6.45, 7) is 3.72. The second kappa shape index (κ2) is 9.35. The minimum Gasteiger partial charge on any atom is -0.349 e. The van der Waals surface area contributed by atoms with Gasteiger partial charge < -0.3 is 5.32 Å². The molecule has 1 amide bonds. The summed E-state index contributed by atoms with van der Waals surface area (Å²) in [6, 6.07) is 5.98. The molecule has 0 spiro atoms. The van der Waals surface area contributed by atoms with Crippen LogP contribution in [0.5, 0.6) is 0 Å². The van der Waals surface area contributed by atoms with Crippen LogP contribution in [-0.4, -0.2) is 26.3 Å². The Labute approximate surface area is 163 Å². The largest absolute Gasteiger partial charge is 0.349 e. The molecule has 1 saturated carbocycles. The van der Waals surface area contributed by atoms with Gasteiger partial charge in [-0.05, 0) is 43.9 Å². The average Bonchev–Trinajstić information content (AvgIpc) is 3.32. The first-order valence-electron chi connectivity index (χ1n) is 9.65. The monoisotopic (exact) mass is 390 g/mol. The molecular weight excluding hydrogens is 363 g/mol. The number of thioether (sulfide) groups is 1. The molecule has 0 radical (unpaired) electrons. The van der Waals surface area contributed by atoms with E-state index < -0.39 is 0 Å². The van der Waals surface area contributed by atoms with Crippen molar-refractivity contribution < 1.29 is 9.18 Å². The minimum absolute atomic E-state index is 0.0888. The van der Waals surface area contributed by atoms with E-state index in [0.717, 1.165) is 30.1 Å². The molecule has 1 aliphatic rings. The van der Waals surface area contributed by atoms with E-state index in [1.807, 2.05) is 13.8 Å². The lowest BCUT2D eigenvalue weighted by atomic mass is 10.0. The molecule has 0 aliphatic heterocycles. The molecule has 7 heteroatoms. The second-order valence-corrected chi connectivity index (χ2v) is 8.60. The fraction of sp³-hybridized carbons (Fsp3) is 0.550. The lowest BCUT2D eigenvalue weighted by Gasteiger charge is -2.17. The van der Waals surface area contributed by atoms with Gasteiger partial charge in [-0.15, -0.1) is 5.10 Å². The number of aryl methyl sites for hydroxylation is 1. The number of nitrogens with one attached hydrogen (secondary N) is 2. The molecule has 3 rings (SSSR count). The predicted octanol–water partition coefficient (Wildman–Crippen LogP) is 4.42. The first-order valence-corrected chi connectivity index (χ1v) is 10.5. The van der Waals surface area contributed by atoms with E-state index in [1.165, 1.54) is 49.6 Å². The van der Waals surface area contributed by atoms with Crippen LogP contribution in [0.15, 0.2) is 29.4 Å². The van der Waals surface area contributed by atoms with Crippen LogP contribution in [0.2, 0.25) is 0 Å². The Hall–Kier alpha value is -1.89. The zero-order chi connectivity index (χ0) is 19.2. The van der Waals surface area contributed by atoms with Gasteiger partial charge in [0.15, 0.2) is 0 Å². The molecule has 0 saturated heterocycles. The maximum atomic E-state index is 13.0. The van der Waals surface area contributed by atoms with E-state index in [4.69, 9.17) is 0 Å². The smallest absolute Gasteiger partial charge is 0.233 e. The molecule has 0 bridgehead atoms. The summed E-state index contributed by atoms with van der Waals surface area (Å²) in [5.74, 6) is 1.35. The van der Waals surface area contributed by atoms with Gasteiger partial charge in [0.1, 0.15) is 11.6 Å². The molecule has 2 aromatic rings. The molecule has 2 atom stereocenters. The van der Waals surface area contributed by atoms with Gasteiger partial charge in [0.05, 0.1) is 11.3 Å². The van der Waals surface area contributed by atoms with Crippen LogP contribution in [0.4, 0.5) is 4.39 Å². The van der Waals surface area contributed by atoms with E-state index in [0.29, 0.717) is 5.16 Å². The molecule has 2 unspecified atom stereocenters. The van der Waals surface area contributed by atoms with E-state index in [2.05, 4.69) is 20.5 Å². The maximum Gasteiger partial charge on any atom is 0.233 e. The molecular formula is C20H27FN4OS. The molecule has 1 aromatic carbocycles. The Morgan fingerprint density at radius 2 is 2.00 bits per heavy atom. The van der Waals surface area contributed by atoms with Crippen molar-refractivity contribution in [2.45, 2.75) is 68.8 Å². The molecule has 1 heterocycles. The Balaban J connectivity index is 1.46. The average molecular weight is 391 g/mol. The van der Waals surface area contributed by atoms with Crippen molar-refractivity contribution in [2.24, 2.45) is 5.92 Å². The summed E-state index contributed by atoms with van der Waals surface area (Å²) in [6.07, 6.45) is 7.44. The summed E-state index contributed by atoms with van der Waals surface area (Å²) >= 11 is 1.34. The van der Waals surface area contributed by atoms with Crippen molar-refractivity contribution in [3.05, 3.63) is 41.5 Å². The number of halogens is 1. The van der Waals surface area contributed by atoms with Crippen LogP contribution in [0.25, 0.3) is 0 Å². The molecule has 2 N–H and O–H groups in total. The lowest BCUT2D eigenvalue weighted by molar-refractivity contribution is -0.120. The van der Waals surface area contributed by atoms with Crippen molar-refractivity contribution in [1.82, 2.24) is 20.5 Å². The van der Waals surface area contributed by atoms with E-state index >= 15 is 0 Å². The van der Waals surface area contributed by atoms with Gasteiger partial charge in [-0.1, -0.05) is 49.6 Å². The molecule has 5 nitrogen and oxygen atoms in total. The molecule has 1 aliphatic carbocycles. The normalized spacial score (nSPS) is 17.0. The SMILES string of the molecule is CC(Sc1n[nH]c(CCC2CCCC2)n1)C(=O)NC(C)c1ccc(F)cc1. The zero-order valence-corrected chi connectivity index (χ0v) is 16.7. The van der Waals surface area contributed by atoms with E-state index in [-0.39, 0.29) is 23.0 Å². The highest BCUT2D eigenvalue weighted by atomic mass is 32.2. The van der Waals surface area contributed by atoms with Crippen LogP contribution in [-0.2, 0) is 11.2 Å². The van der Waals surface area contributed by atoms with Crippen molar-refractivity contribution in [1.29, 1.82) is 0 Å². The molecule has 27 heavy (non-hydrogen) atoms. The predicted molar refractivity (Wildman–Crippen MR) is 105 cm³/mol. The number of carbonyl (C=O) groups is 1. The van der Waals surface area contributed by atoms with Gasteiger partial charge in [-0.25, -0.2) is 9.37 Å². The fourth-order valence-electron chi connectivity index (χ4n) is 3.46. The lowest BCUT2D eigenvalue weighted by Crippen LogP contribution is -2.33. The van der Waals surface area contributed by atoms with Crippen molar-refractivity contribution in [2.75, 3.05) is 0 Å². The summed E-state index contributed by atoms with van der Waals surface area (Å²) in [5, 5.41) is 10.5. The quantitative estimate of drug-likeness (QED) is 0.655. The number of carbonyl (C=O) groups excluding carboxylic acids is 1. The van der Waals surface area contributed by atoms with Gasteiger partial charge in [-0.2, -0.15) is 0 Å². The highest BCUT2D eigenvalue weighted by molar-refractivity contribution is 8.00. The highest BCUT2D eigenvalue weighted by Crippen LogP contribution is 2.28. The topological polar surface area (TPSA) is 70.7 Å². The van der Waals surface area contributed by atoms with Crippen LogP contribution >= 0.6 is 11.8 Å². The molecule has 1 fully saturated rings. The number of amides is 1. The number of aromatic amines is 1. The van der Waals surface area contributed by atoms with Gasteiger partial charge in [0.2, 0.25) is 11.1 Å². The van der Waals surface area contributed by atoms with Crippen LogP contribution in [0.3, 0.4) is 0 Å². The number of H-pyrrole nitrogens is 1. The number of aromatic nitrogens is 3. The first-order chi connectivity index (χ1) is 13.0. The fourth-order valence-corrected chi connectivity index (χ4v) is 4.21.